The van der Waals surface area contributed by atoms with Gasteiger partial charge >= 0.3 is 0 Å². The minimum atomic E-state index is 0.456. The summed E-state index contributed by atoms with van der Waals surface area (Å²) in [6.07, 6.45) is 0.811. The van der Waals surface area contributed by atoms with Gasteiger partial charge < -0.3 is 0 Å². The first-order valence-corrected chi connectivity index (χ1v) is 7.47. The van der Waals surface area contributed by atoms with E-state index in [2.05, 4.69) is 41.8 Å². The third-order valence-electron chi connectivity index (χ3n) is 2.63. The second-order valence-electron chi connectivity index (χ2n) is 3.92. The Morgan fingerprint density at radius 2 is 1.94 bits per heavy atom. The Bertz CT molecular complexity index is 600. The first-order chi connectivity index (χ1) is 8.52. The summed E-state index contributed by atoms with van der Waals surface area (Å²) in [5, 5.41) is 0.456. The normalized spacial score (nSPS) is 10.7. The second-order valence-corrected chi connectivity index (χ2v) is 5.92. The van der Waals surface area contributed by atoms with Crippen LogP contribution in [-0.4, -0.2) is 9.97 Å². The van der Waals surface area contributed by atoms with Gasteiger partial charge in [0.05, 0.1) is 10.2 Å². The van der Waals surface area contributed by atoms with Crippen molar-refractivity contribution in [3.8, 4) is 11.4 Å². The molecule has 1 aromatic heterocycles. The molecule has 0 saturated heterocycles. The highest BCUT2D eigenvalue weighted by Gasteiger charge is 2.11. The van der Waals surface area contributed by atoms with E-state index < -0.39 is 0 Å². The van der Waals surface area contributed by atoms with Crippen LogP contribution in [0.5, 0.6) is 0 Å². The van der Waals surface area contributed by atoms with Gasteiger partial charge in [0, 0.05) is 10.0 Å². The maximum absolute atomic E-state index is 6.11. The fourth-order valence-corrected chi connectivity index (χ4v) is 2.50. The van der Waals surface area contributed by atoms with Crippen molar-refractivity contribution in [3.05, 3.63) is 43.6 Å². The Kier molecular flexibility index (Phi) is 4.41. The van der Waals surface area contributed by atoms with E-state index in [1.165, 1.54) is 0 Å². The van der Waals surface area contributed by atoms with Crippen molar-refractivity contribution in [1.29, 1.82) is 0 Å². The molecule has 0 spiro atoms. The summed E-state index contributed by atoms with van der Waals surface area (Å²) in [6, 6.07) is 6.02. The zero-order chi connectivity index (χ0) is 13.3. The molecule has 0 aliphatic rings. The molecule has 0 atom stereocenters. The van der Waals surface area contributed by atoms with Crippen LogP contribution in [0.15, 0.2) is 27.1 Å². The van der Waals surface area contributed by atoms with Crippen molar-refractivity contribution in [1.82, 2.24) is 9.97 Å². The molecule has 0 unspecified atom stereocenters. The van der Waals surface area contributed by atoms with Gasteiger partial charge in [-0.25, -0.2) is 9.97 Å². The predicted molar refractivity (Wildman–Crippen MR) is 82.0 cm³/mol. The van der Waals surface area contributed by atoms with Crippen molar-refractivity contribution in [2.75, 3.05) is 0 Å². The Labute approximate surface area is 128 Å². The molecule has 5 heteroatoms. The van der Waals surface area contributed by atoms with Crippen LogP contribution < -0.4 is 0 Å². The maximum Gasteiger partial charge on any atom is 0.161 e. The molecule has 94 valence electrons. The van der Waals surface area contributed by atoms with E-state index in [4.69, 9.17) is 11.6 Å². The van der Waals surface area contributed by atoms with E-state index in [9.17, 15) is 0 Å². The molecule has 0 bridgehead atoms. The number of benzene rings is 1. The zero-order valence-corrected chi connectivity index (χ0v) is 13.9. The molecule has 0 N–H and O–H groups in total. The minimum Gasteiger partial charge on any atom is -0.232 e. The quantitative estimate of drug-likeness (QED) is 0.659. The first-order valence-electron chi connectivity index (χ1n) is 5.51. The first kappa shape index (κ1) is 14.0. The molecule has 0 amide bonds. The van der Waals surface area contributed by atoms with Crippen molar-refractivity contribution in [3.63, 3.8) is 0 Å². The van der Waals surface area contributed by atoms with E-state index in [1.54, 1.807) is 0 Å². The summed E-state index contributed by atoms with van der Waals surface area (Å²) in [5.41, 5.74) is 3.04. The molecule has 0 aliphatic carbocycles. The van der Waals surface area contributed by atoms with Crippen molar-refractivity contribution < 1.29 is 0 Å². The van der Waals surface area contributed by atoms with Crippen molar-refractivity contribution in [2.24, 2.45) is 0 Å². The fraction of sp³-hybridized carbons (Fsp3) is 0.231. The van der Waals surface area contributed by atoms with Crippen molar-refractivity contribution in [2.45, 2.75) is 20.3 Å². The van der Waals surface area contributed by atoms with Crippen LogP contribution in [0.2, 0.25) is 5.15 Å². The number of hydrogen-bond acceptors (Lipinski definition) is 2. The van der Waals surface area contributed by atoms with Gasteiger partial charge in [0.15, 0.2) is 5.82 Å². The molecular weight excluding hydrogens is 379 g/mol. The molecule has 0 fully saturated rings. The summed E-state index contributed by atoms with van der Waals surface area (Å²) in [4.78, 5) is 8.85. The summed E-state index contributed by atoms with van der Waals surface area (Å²) < 4.78 is 1.86. The molecule has 0 aliphatic heterocycles. The number of aryl methyl sites for hydroxylation is 2. The monoisotopic (exact) mass is 388 g/mol. The second kappa shape index (κ2) is 5.68. The van der Waals surface area contributed by atoms with Gasteiger partial charge in [0.2, 0.25) is 0 Å². The van der Waals surface area contributed by atoms with Gasteiger partial charge in [0.1, 0.15) is 5.15 Å². The van der Waals surface area contributed by atoms with Crippen LogP contribution in [0.3, 0.4) is 0 Å². The molecular formula is C13H11Br2ClN2. The van der Waals surface area contributed by atoms with E-state index in [0.717, 1.165) is 32.2 Å². The van der Waals surface area contributed by atoms with Gasteiger partial charge in [0.25, 0.3) is 0 Å². The van der Waals surface area contributed by atoms with Crippen LogP contribution in [0.1, 0.15) is 18.2 Å². The SMILES string of the molecule is CCc1nc(-c2ccc(Br)c(C)c2)nc(Cl)c1Br. The highest BCUT2D eigenvalue weighted by molar-refractivity contribution is 9.10. The molecule has 18 heavy (non-hydrogen) atoms. The van der Waals surface area contributed by atoms with Gasteiger partial charge in [-0.2, -0.15) is 0 Å². The molecule has 0 radical (unpaired) electrons. The summed E-state index contributed by atoms with van der Waals surface area (Å²) in [5.74, 6) is 0.663. The smallest absolute Gasteiger partial charge is 0.161 e. The average Bonchev–Trinajstić information content (AvgIpc) is 2.36. The highest BCUT2D eigenvalue weighted by atomic mass is 79.9. The zero-order valence-electron chi connectivity index (χ0n) is 9.97. The third kappa shape index (κ3) is 2.76. The van der Waals surface area contributed by atoms with Crippen LogP contribution >= 0.6 is 43.5 Å². The molecule has 2 rings (SSSR count). The molecule has 2 aromatic rings. The predicted octanol–water partition coefficient (Wildman–Crippen LogP) is 5.19. The standard InChI is InChI=1S/C13H11Br2ClN2/c1-3-10-11(15)12(16)18-13(17-10)8-4-5-9(14)7(2)6-8/h4-6H,3H2,1-2H3. The van der Waals surface area contributed by atoms with E-state index in [-0.39, 0.29) is 0 Å². The summed E-state index contributed by atoms with van der Waals surface area (Å²) in [7, 11) is 0. The lowest BCUT2D eigenvalue weighted by Crippen LogP contribution is -1.97. The number of hydrogen-bond donors (Lipinski definition) is 0. The Morgan fingerprint density at radius 1 is 1.22 bits per heavy atom. The third-order valence-corrected chi connectivity index (χ3v) is 4.86. The highest BCUT2D eigenvalue weighted by Crippen LogP contribution is 2.28. The maximum atomic E-state index is 6.11. The Morgan fingerprint density at radius 3 is 2.56 bits per heavy atom. The Balaban J connectivity index is 2.57. The lowest BCUT2D eigenvalue weighted by atomic mass is 10.1. The summed E-state index contributed by atoms with van der Waals surface area (Å²) in [6.45, 7) is 4.08. The van der Waals surface area contributed by atoms with E-state index >= 15 is 0 Å². The number of halogens is 3. The van der Waals surface area contributed by atoms with Crippen LogP contribution in [0, 0.1) is 6.92 Å². The van der Waals surface area contributed by atoms with Crippen LogP contribution in [0.25, 0.3) is 11.4 Å². The fourth-order valence-electron chi connectivity index (χ4n) is 1.61. The topological polar surface area (TPSA) is 25.8 Å². The van der Waals surface area contributed by atoms with Gasteiger partial charge in [-0.1, -0.05) is 40.5 Å². The van der Waals surface area contributed by atoms with Gasteiger partial charge in [-0.15, -0.1) is 0 Å². The van der Waals surface area contributed by atoms with E-state index in [1.807, 2.05) is 32.0 Å². The molecule has 1 heterocycles. The summed E-state index contributed by atoms with van der Waals surface area (Å²) >= 11 is 13.0. The lowest BCUT2D eigenvalue weighted by molar-refractivity contribution is 0.990. The van der Waals surface area contributed by atoms with Crippen LogP contribution in [-0.2, 0) is 6.42 Å². The average molecular weight is 391 g/mol. The lowest BCUT2D eigenvalue weighted by Gasteiger charge is -2.08. The van der Waals surface area contributed by atoms with Crippen LogP contribution in [0.4, 0.5) is 0 Å². The van der Waals surface area contributed by atoms with Crippen molar-refractivity contribution >= 4 is 43.5 Å². The minimum absolute atomic E-state index is 0.456. The molecule has 2 nitrogen and oxygen atoms in total. The number of rotatable bonds is 2. The Hall–Kier alpha value is -0.450. The van der Waals surface area contributed by atoms with Gasteiger partial charge in [-0.3, -0.25) is 0 Å². The molecule has 1 aromatic carbocycles. The van der Waals surface area contributed by atoms with Gasteiger partial charge in [-0.05, 0) is 47.0 Å². The number of nitrogens with zero attached hydrogens (tertiary/aromatic N) is 2. The number of aromatic nitrogens is 2. The molecule has 0 saturated carbocycles. The largest absolute Gasteiger partial charge is 0.232 e. The van der Waals surface area contributed by atoms with E-state index in [0.29, 0.717) is 11.0 Å².